The lowest BCUT2D eigenvalue weighted by molar-refractivity contribution is -0.129. The third-order valence-electron chi connectivity index (χ3n) is 3.70. The summed E-state index contributed by atoms with van der Waals surface area (Å²) in [5.41, 5.74) is 1.09. The van der Waals surface area contributed by atoms with Crippen LogP contribution in [0.3, 0.4) is 0 Å². The van der Waals surface area contributed by atoms with Crippen molar-refractivity contribution in [3.8, 4) is 5.75 Å². The molecule has 0 saturated carbocycles. The zero-order chi connectivity index (χ0) is 19.1. The number of carbonyl (C=O) groups is 2. The van der Waals surface area contributed by atoms with Crippen molar-refractivity contribution in [3.63, 3.8) is 0 Å². The molecule has 2 atom stereocenters. The van der Waals surface area contributed by atoms with Crippen LogP contribution in [0.5, 0.6) is 5.75 Å². The van der Waals surface area contributed by atoms with Crippen LogP contribution in [0.25, 0.3) is 0 Å². The number of methoxy groups -OCH3 is 1. The standard InChI is InChI=1S/C19H21NO5S/c1-13(18(21)20-12-14-8-10-15(24-2)11-9-14)25-19(22)16-6-4-5-7-17(16)26(3)23/h4-11,13H,12H2,1-3H3,(H,20,21)/t13-,26-/m1/s1. The number of ether oxygens (including phenoxy) is 2. The van der Waals surface area contributed by atoms with E-state index in [1.165, 1.54) is 19.2 Å². The maximum absolute atomic E-state index is 12.3. The molecule has 2 aromatic carbocycles. The molecular formula is C19H21NO5S. The third kappa shape index (κ3) is 5.16. The first-order valence-corrected chi connectivity index (χ1v) is 9.52. The summed E-state index contributed by atoms with van der Waals surface area (Å²) in [7, 11) is 0.253. The maximum Gasteiger partial charge on any atom is 0.340 e. The lowest BCUT2D eigenvalue weighted by Crippen LogP contribution is -2.35. The van der Waals surface area contributed by atoms with Gasteiger partial charge in [-0.25, -0.2) is 4.79 Å². The van der Waals surface area contributed by atoms with Crippen LogP contribution >= 0.6 is 0 Å². The molecule has 26 heavy (non-hydrogen) atoms. The Balaban J connectivity index is 1.94. The van der Waals surface area contributed by atoms with E-state index in [1.54, 1.807) is 37.4 Å². The second kappa shape index (κ2) is 9.15. The number of esters is 1. The first kappa shape index (κ1) is 19.7. The number of benzene rings is 2. The maximum atomic E-state index is 12.3. The molecule has 2 rings (SSSR count). The Labute approximate surface area is 155 Å². The molecule has 0 unspecified atom stereocenters. The Morgan fingerprint density at radius 3 is 2.38 bits per heavy atom. The lowest BCUT2D eigenvalue weighted by Gasteiger charge is -2.14. The molecule has 0 fully saturated rings. The smallest absolute Gasteiger partial charge is 0.340 e. The van der Waals surface area contributed by atoms with Crippen LogP contribution in [0.2, 0.25) is 0 Å². The largest absolute Gasteiger partial charge is 0.497 e. The van der Waals surface area contributed by atoms with Gasteiger partial charge < -0.3 is 14.8 Å². The fourth-order valence-electron chi connectivity index (χ4n) is 2.24. The summed E-state index contributed by atoms with van der Waals surface area (Å²) >= 11 is 0. The summed E-state index contributed by atoms with van der Waals surface area (Å²) in [4.78, 5) is 24.8. The molecule has 1 amide bonds. The number of nitrogens with one attached hydrogen (secondary N) is 1. The Morgan fingerprint density at radius 2 is 1.77 bits per heavy atom. The minimum absolute atomic E-state index is 0.197. The zero-order valence-electron chi connectivity index (χ0n) is 14.9. The van der Waals surface area contributed by atoms with Crippen molar-refractivity contribution in [2.45, 2.75) is 24.5 Å². The molecule has 2 aromatic rings. The highest BCUT2D eigenvalue weighted by Gasteiger charge is 2.21. The highest BCUT2D eigenvalue weighted by atomic mass is 32.2. The van der Waals surface area contributed by atoms with E-state index in [0.717, 1.165) is 11.3 Å². The molecule has 0 aliphatic carbocycles. The molecule has 6 nitrogen and oxygen atoms in total. The Hall–Kier alpha value is -2.67. The van der Waals surface area contributed by atoms with Crippen molar-refractivity contribution in [2.24, 2.45) is 0 Å². The molecule has 0 aromatic heterocycles. The molecular weight excluding hydrogens is 354 g/mol. The Kier molecular flexibility index (Phi) is 6.91. The molecule has 0 aliphatic rings. The molecule has 1 N–H and O–H groups in total. The van der Waals surface area contributed by atoms with Gasteiger partial charge in [-0.2, -0.15) is 0 Å². The number of amides is 1. The van der Waals surface area contributed by atoms with E-state index >= 15 is 0 Å². The van der Waals surface area contributed by atoms with Crippen molar-refractivity contribution < 1.29 is 23.3 Å². The molecule has 0 radical (unpaired) electrons. The minimum Gasteiger partial charge on any atom is -0.497 e. The average Bonchev–Trinajstić information content (AvgIpc) is 2.66. The Morgan fingerprint density at radius 1 is 1.12 bits per heavy atom. The third-order valence-corrected chi connectivity index (χ3v) is 4.67. The van der Waals surface area contributed by atoms with Gasteiger partial charge in [0.25, 0.3) is 5.91 Å². The number of rotatable bonds is 7. The molecule has 138 valence electrons. The first-order chi connectivity index (χ1) is 12.4. The van der Waals surface area contributed by atoms with Crippen LogP contribution in [-0.4, -0.2) is 35.6 Å². The highest BCUT2D eigenvalue weighted by molar-refractivity contribution is 7.84. The van der Waals surface area contributed by atoms with E-state index in [0.29, 0.717) is 11.4 Å². The van der Waals surface area contributed by atoms with Gasteiger partial charge in [0.15, 0.2) is 6.10 Å². The van der Waals surface area contributed by atoms with Crippen LogP contribution in [0.1, 0.15) is 22.8 Å². The summed E-state index contributed by atoms with van der Waals surface area (Å²) in [6, 6.07) is 13.7. The summed E-state index contributed by atoms with van der Waals surface area (Å²) < 4.78 is 22.0. The van der Waals surface area contributed by atoms with Crippen molar-refractivity contribution in [2.75, 3.05) is 13.4 Å². The van der Waals surface area contributed by atoms with Gasteiger partial charge >= 0.3 is 5.97 Å². The summed E-state index contributed by atoms with van der Waals surface area (Å²) in [6.07, 6.45) is 0.510. The predicted octanol–water partition coefficient (Wildman–Crippen LogP) is 2.29. The van der Waals surface area contributed by atoms with E-state index in [-0.39, 0.29) is 5.56 Å². The van der Waals surface area contributed by atoms with Gasteiger partial charge in [-0.05, 0) is 36.8 Å². The van der Waals surface area contributed by atoms with Crippen LogP contribution in [0.15, 0.2) is 53.4 Å². The highest BCUT2D eigenvalue weighted by Crippen LogP contribution is 2.15. The SMILES string of the molecule is COc1ccc(CNC(=O)[C@@H](C)OC(=O)c2ccccc2[S@@](C)=O)cc1. The molecule has 0 saturated heterocycles. The van der Waals surface area contributed by atoms with Gasteiger partial charge in [0.05, 0.1) is 28.4 Å². The van der Waals surface area contributed by atoms with Crippen molar-refractivity contribution >= 4 is 22.7 Å². The van der Waals surface area contributed by atoms with Crippen LogP contribution in [-0.2, 0) is 26.9 Å². The van der Waals surface area contributed by atoms with Gasteiger partial charge in [-0.3, -0.25) is 9.00 Å². The van der Waals surface area contributed by atoms with Crippen molar-refractivity contribution in [3.05, 3.63) is 59.7 Å². The summed E-state index contributed by atoms with van der Waals surface area (Å²) in [6.45, 7) is 1.80. The summed E-state index contributed by atoms with van der Waals surface area (Å²) in [5.74, 6) is -0.360. The van der Waals surface area contributed by atoms with Crippen molar-refractivity contribution in [1.82, 2.24) is 5.32 Å². The van der Waals surface area contributed by atoms with E-state index in [9.17, 15) is 13.8 Å². The average molecular weight is 375 g/mol. The second-order valence-corrected chi connectivity index (χ2v) is 6.91. The van der Waals surface area contributed by atoms with Gasteiger partial charge in [0, 0.05) is 12.8 Å². The van der Waals surface area contributed by atoms with Gasteiger partial charge in [0.1, 0.15) is 5.75 Å². The molecule has 0 spiro atoms. The predicted molar refractivity (Wildman–Crippen MR) is 98.5 cm³/mol. The molecule has 0 heterocycles. The normalized spacial score (nSPS) is 12.7. The Bertz CT molecular complexity index is 804. The zero-order valence-corrected chi connectivity index (χ0v) is 15.7. The second-order valence-electron chi connectivity index (χ2n) is 5.56. The van der Waals surface area contributed by atoms with Crippen LogP contribution in [0, 0.1) is 0 Å². The monoisotopic (exact) mass is 375 g/mol. The van der Waals surface area contributed by atoms with E-state index < -0.39 is 28.8 Å². The lowest BCUT2D eigenvalue weighted by atomic mass is 10.2. The van der Waals surface area contributed by atoms with Crippen LogP contribution < -0.4 is 10.1 Å². The summed E-state index contributed by atoms with van der Waals surface area (Å²) in [5, 5.41) is 2.71. The number of hydrogen-bond donors (Lipinski definition) is 1. The van der Waals surface area contributed by atoms with Gasteiger partial charge in [0.2, 0.25) is 0 Å². The van der Waals surface area contributed by atoms with Crippen LogP contribution in [0.4, 0.5) is 0 Å². The quantitative estimate of drug-likeness (QED) is 0.751. The fraction of sp³-hybridized carbons (Fsp3) is 0.263. The van der Waals surface area contributed by atoms with Gasteiger partial charge in [-0.15, -0.1) is 0 Å². The first-order valence-electron chi connectivity index (χ1n) is 7.96. The van der Waals surface area contributed by atoms with Crippen molar-refractivity contribution in [1.29, 1.82) is 0 Å². The molecule has 7 heteroatoms. The van der Waals surface area contributed by atoms with E-state index in [2.05, 4.69) is 5.32 Å². The molecule has 0 aliphatic heterocycles. The minimum atomic E-state index is -1.33. The molecule has 0 bridgehead atoms. The number of carbonyl (C=O) groups excluding carboxylic acids is 2. The van der Waals surface area contributed by atoms with E-state index in [1.807, 2.05) is 12.1 Å². The van der Waals surface area contributed by atoms with E-state index in [4.69, 9.17) is 9.47 Å². The number of hydrogen-bond acceptors (Lipinski definition) is 5. The topological polar surface area (TPSA) is 81.7 Å². The fourth-order valence-corrected chi connectivity index (χ4v) is 2.97. The van der Waals surface area contributed by atoms with Gasteiger partial charge in [-0.1, -0.05) is 24.3 Å².